The fourth-order valence-corrected chi connectivity index (χ4v) is 4.90. The number of likely N-dealkylation sites (N-methyl/N-ethyl adjacent to an activating group) is 1. The molecular weight excluding hydrogens is 470 g/mol. The summed E-state index contributed by atoms with van der Waals surface area (Å²) in [4.78, 5) is 25.6. The van der Waals surface area contributed by atoms with Gasteiger partial charge in [-0.15, -0.1) is 0 Å². The third kappa shape index (κ3) is 4.54. The van der Waals surface area contributed by atoms with Crippen molar-refractivity contribution in [2.45, 2.75) is 32.0 Å². The van der Waals surface area contributed by atoms with Crippen molar-refractivity contribution in [3.05, 3.63) is 84.3 Å². The van der Waals surface area contributed by atoms with Gasteiger partial charge in [0.25, 0.3) is 0 Å². The monoisotopic (exact) mass is 499 g/mol. The van der Waals surface area contributed by atoms with Gasteiger partial charge in [-0.25, -0.2) is 4.98 Å². The molecule has 8 nitrogen and oxygen atoms in total. The molecule has 1 saturated heterocycles. The standard InChI is InChI=1S/C27H27N7O.H2S/c1-32-24-16-29-27(31-25(24)34-13-5-8-23(34)26(32)35)28-14-20-15-30-33(18-20)17-19-9-11-22(12-10-19)21-6-3-2-4-7-21;/h2-4,6-7,9-12,15-16,18,23H,5,8,13-14,17H2,1H3,(H,28,29,31);1H2/t23-;/m0./s1. The van der Waals surface area contributed by atoms with Crippen molar-refractivity contribution in [1.82, 2.24) is 19.7 Å². The van der Waals surface area contributed by atoms with Gasteiger partial charge in [-0.2, -0.15) is 23.6 Å². The van der Waals surface area contributed by atoms with Gasteiger partial charge in [0.2, 0.25) is 11.9 Å². The Labute approximate surface area is 217 Å². The fourth-order valence-electron chi connectivity index (χ4n) is 4.90. The van der Waals surface area contributed by atoms with Crippen LogP contribution < -0.4 is 15.1 Å². The van der Waals surface area contributed by atoms with E-state index >= 15 is 0 Å². The van der Waals surface area contributed by atoms with Gasteiger partial charge in [0, 0.05) is 31.9 Å². The minimum atomic E-state index is -0.102. The summed E-state index contributed by atoms with van der Waals surface area (Å²) in [6.45, 7) is 2.14. The van der Waals surface area contributed by atoms with E-state index in [1.807, 2.05) is 23.1 Å². The number of rotatable bonds is 6. The Balaban J connectivity index is 0.00000267. The Kier molecular flexibility index (Phi) is 6.65. The van der Waals surface area contributed by atoms with E-state index in [9.17, 15) is 4.79 Å². The first-order valence-electron chi connectivity index (χ1n) is 12.0. The molecule has 9 heteroatoms. The highest BCUT2D eigenvalue weighted by atomic mass is 32.1. The molecule has 2 aliphatic heterocycles. The molecule has 2 aliphatic rings. The predicted molar refractivity (Wildman–Crippen MR) is 147 cm³/mol. The third-order valence-electron chi connectivity index (χ3n) is 6.79. The van der Waals surface area contributed by atoms with Crippen LogP contribution in [0, 0.1) is 0 Å². The number of amides is 1. The quantitative estimate of drug-likeness (QED) is 0.431. The molecule has 2 aromatic heterocycles. The molecule has 184 valence electrons. The van der Waals surface area contributed by atoms with Crippen LogP contribution in [-0.2, 0) is 17.9 Å². The Bertz CT molecular complexity index is 1360. The van der Waals surface area contributed by atoms with E-state index in [1.165, 1.54) is 16.7 Å². The summed E-state index contributed by atoms with van der Waals surface area (Å²) in [7, 11) is 1.80. The van der Waals surface area contributed by atoms with Crippen molar-refractivity contribution >= 4 is 36.9 Å². The van der Waals surface area contributed by atoms with E-state index < -0.39 is 0 Å². The summed E-state index contributed by atoms with van der Waals surface area (Å²) in [5.74, 6) is 1.52. The van der Waals surface area contributed by atoms with E-state index in [2.05, 4.69) is 68.8 Å². The molecule has 4 aromatic rings. The zero-order valence-electron chi connectivity index (χ0n) is 20.1. The molecule has 2 aromatic carbocycles. The molecule has 0 saturated carbocycles. The van der Waals surface area contributed by atoms with Gasteiger partial charge in [-0.1, -0.05) is 54.6 Å². The lowest BCUT2D eigenvalue weighted by Gasteiger charge is -2.36. The average Bonchev–Trinajstić information content (AvgIpc) is 3.57. The minimum absolute atomic E-state index is 0. The highest BCUT2D eigenvalue weighted by Crippen LogP contribution is 2.37. The maximum absolute atomic E-state index is 12.6. The van der Waals surface area contributed by atoms with Crippen LogP contribution in [0.4, 0.5) is 17.5 Å². The van der Waals surface area contributed by atoms with E-state index in [4.69, 9.17) is 4.98 Å². The smallest absolute Gasteiger partial charge is 0.249 e. The number of fused-ring (bicyclic) bond motifs is 3. The number of carbonyl (C=O) groups excluding carboxylic acids is 1. The van der Waals surface area contributed by atoms with Crippen molar-refractivity contribution < 1.29 is 4.79 Å². The Morgan fingerprint density at radius 1 is 1.00 bits per heavy atom. The number of hydrogen-bond donors (Lipinski definition) is 1. The van der Waals surface area contributed by atoms with Crippen LogP contribution in [-0.4, -0.2) is 45.3 Å². The summed E-state index contributed by atoms with van der Waals surface area (Å²) >= 11 is 0. The molecule has 1 atom stereocenters. The second-order valence-corrected chi connectivity index (χ2v) is 9.11. The SMILES string of the molecule is CN1C(=O)[C@@H]2CCCN2c2nc(NCc3cnn(Cc4ccc(-c5ccccc5)cc4)c3)ncc21.S. The molecule has 6 rings (SSSR count). The third-order valence-corrected chi connectivity index (χ3v) is 6.79. The van der Waals surface area contributed by atoms with Gasteiger partial charge in [-0.05, 0) is 29.5 Å². The molecule has 0 aliphatic carbocycles. The highest BCUT2D eigenvalue weighted by molar-refractivity contribution is 7.59. The second kappa shape index (κ2) is 10.0. The molecule has 0 unspecified atom stereocenters. The molecule has 0 radical (unpaired) electrons. The number of nitrogens with zero attached hydrogens (tertiary/aromatic N) is 6. The van der Waals surface area contributed by atoms with Gasteiger partial charge < -0.3 is 15.1 Å². The van der Waals surface area contributed by atoms with E-state index in [-0.39, 0.29) is 25.4 Å². The summed E-state index contributed by atoms with van der Waals surface area (Å²) in [5.41, 5.74) is 5.45. The molecule has 1 amide bonds. The first-order valence-corrected chi connectivity index (χ1v) is 12.0. The topological polar surface area (TPSA) is 79.2 Å². The molecular formula is C27H29N7OS. The molecule has 36 heavy (non-hydrogen) atoms. The normalized spacial score (nSPS) is 16.4. The zero-order valence-corrected chi connectivity index (χ0v) is 21.1. The first kappa shape index (κ1) is 23.9. The Hall–Kier alpha value is -3.85. The van der Waals surface area contributed by atoms with Crippen molar-refractivity contribution in [2.75, 3.05) is 28.7 Å². The number of nitrogens with one attached hydrogen (secondary N) is 1. The summed E-state index contributed by atoms with van der Waals surface area (Å²) in [6.07, 6.45) is 7.53. The van der Waals surface area contributed by atoms with Gasteiger partial charge in [0.1, 0.15) is 11.7 Å². The zero-order chi connectivity index (χ0) is 23.8. The Morgan fingerprint density at radius 2 is 1.78 bits per heavy atom. The van der Waals surface area contributed by atoms with Gasteiger partial charge in [0.05, 0.1) is 18.9 Å². The van der Waals surface area contributed by atoms with Crippen LogP contribution in [0.15, 0.2) is 73.2 Å². The molecule has 1 fully saturated rings. The maximum Gasteiger partial charge on any atom is 0.249 e. The Morgan fingerprint density at radius 3 is 2.58 bits per heavy atom. The average molecular weight is 500 g/mol. The summed E-state index contributed by atoms with van der Waals surface area (Å²) < 4.78 is 1.94. The molecule has 1 N–H and O–H groups in total. The van der Waals surface area contributed by atoms with Crippen LogP contribution in [0.1, 0.15) is 24.0 Å². The second-order valence-electron chi connectivity index (χ2n) is 9.11. The number of aromatic nitrogens is 4. The number of hydrogen-bond acceptors (Lipinski definition) is 6. The summed E-state index contributed by atoms with van der Waals surface area (Å²) in [5, 5.41) is 7.83. The summed E-state index contributed by atoms with van der Waals surface area (Å²) in [6, 6.07) is 18.9. The van der Waals surface area contributed by atoms with Crippen molar-refractivity contribution in [3.63, 3.8) is 0 Å². The van der Waals surface area contributed by atoms with Gasteiger partial charge in [0.15, 0.2) is 5.82 Å². The maximum atomic E-state index is 12.6. The van der Waals surface area contributed by atoms with Crippen LogP contribution in [0.5, 0.6) is 0 Å². The van der Waals surface area contributed by atoms with E-state index in [1.54, 1.807) is 18.1 Å². The van der Waals surface area contributed by atoms with Crippen molar-refractivity contribution in [2.24, 2.45) is 0 Å². The number of carbonyl (C=O) groups is 1. The lowest BCUT2D eigenvalue weighted by atomic mass is 10.0. The fraction of sp³-hybridized carbons (Fsp3) is 0.259. The van der Waals surface area contributed by atoms with Gasteiger partial charge >= 0.3 is 0 Å². The first-order chi connectivity index (χ1) is 17.2. The lowest BCUT2D eigenvalue weighted by molar-refractivity contribution is -0.119. The highest BCUT2D eigenvalue weighted by Gasteiger charge is 2.40. The van der Waals surface area contributed by atoms with Crippen LogP contribution in [0.25, 0.3) is 11.1 Å². The van der Waals surface area contributed by atoms with Crippen molar-refractivity contribution in [1.29, 1.82) is 0 Å². The van der Waals surface area contributed by atoms with Crippen LogP contribution in [0.3, 0.4) is 0 Å². The number of benzene rings is 2. The predicted octanol–water partition coefficient (Wildman–Crippen LogP) is 4.06. The van der Waals surface area contributed by atoms with Crippen LogP contribution >= 0.6 is 13.5 Å². The molecule has 0 spiro atoms. The molecule has 0 bridgehead atoms. The van der Waals surface area contributed by atoms with E-state index in [0.717, 1.165) is 36.5 Å². The van der Waals surface area contributed by atoms with Gasteiger partial charge in [-0.3, -0.25) is 9.48 Å². The lowest BCUT2D eigenvalue weighted by Crippen LogP contribution is -2.49. The molecule has 4 heterocycles. The number of anilines is 3. The van der Waals surface area contributed by atoms with Crippen LogP contribution in [0.2, 0.25) is 0 Å². The van der Waals surface area contributed by atoms with Crippen molar-refractivity contribution in [3.8, 4) is 11.1 Å². The largest absolute Gasteiger partial charge is 0.350 e. The minimum Gasteiger partial charge on any atom is -0.350 e. The van der Waals surface area contributed by atoms with E-state index in [0.29, 0.717) is 19.0 Å².